The van der Waals surface area contributed by atoms with Crippen molar-refractivity contribution in [1.29, 1.82) is 0 Å². The van der Waals surface area contributed by atoms with Gasteiger partial charge in [-0.25, -0.2) is 0 Å². The summed E-state index contributed by atoms with van der Waals surface area (Å²) in [6, 6.07) is 6.77. The van der Waals surface area contributed by atoms with Gasteiger partial charge in [0.05, 0.1) is 5.92 Å². The van der Waals surface area contributed by atoms with E-state index in [2.05, 4.69) is 44.3 Å². The third-order valence-electron chi connectivity index (χ3n) is 4.55. The highest BCUT2D eigenvalue weighted by atomic mass is 16.4. The van der Waals surface area contributed by atoms with Gasteiger partial charge in [-0.3, -0.25) is 4.79 Å². The van der Waals surface area contributed by atoms with Gasteiger partial charge in [0.25, 0.3) is 0 Å². The Morgan fingerprint density at radius 1 is 1.40 bits per heavy atom. The van der Waals surface area contributed by atoms with Gasteiger partial charge >= 0.3 is 5.97 Å². The minimum atomic E-state index is -0.631. The summed E-state index contributed by atoms with van der Waals surface area (Å²) >= 11 is 0. The minimum absolute atomic E-state index is 0.159. The lowest BCUT2D eigenvalue weighted by Crippen LogP contribution is -2.30. The molecule has 2 rings (SSSR count). The molecule has 0 amide bonds. The molecule has 1 aliphatic rings. The fraction of sp³-hybridized carbons (Fsp3) is 0.588. The first-order valence-electron chi connectivity index (χ1n) is 7.52. The van der Waals surface area contributed by atoms with E-state index in [9.17, 15) is 9.90 Å². The fourth-order valence-corrected chi connectivity index (χ4v) is 3.36. The van der Waals surface area contributed by atoms with E-state index >= 15 is 0 Å². The molecular formula is C17H25NO2. The van der Waals surface area contributed by atoms with Crippen molar-refractivity contribution in [2.24, 2.45) is 11.8 Å². The van der Waals surface area contributed by atoms with Crippen molar-refractivity contribution in [3.8, 4) is 0 Å². The average molecular weight is 275 g/mol. The number of aliphatic carboxylic acids is 1. The molecule has 1 fully saturated rings. The Kier molecular flexibility index (Phi) is 4.81. The number of benzene rings is 1. The maximum atomic E-state index is 11.2. The first-order chi connectivity index (χ1) is 9.49. The number of hydrogen-bond donors (Lipinski definition) is 2. The molecule has 0 radical (unpaired) electrons. The first-order valence-corrected chi connectivity index (χ1v) is 7.52. The number of carboxylic acid groups (broad SMARTS) is 1. The van der Waals surface area contributed by atoms with Crippen LogP contribution in [0.15, 0.2) is 18.2 Å². The van der Waals surface area contributed by atoms with E-state index in [4.69, 9.17) is 0 Å². The number of aryl methyl sites for hydroxylation is 2. The van der Waals surface area contributed by atoms with Crippen LogP contribution in [0.4, 0.5) is 0 Å². The van der Waals surface area contributed by atoms with Crippen LogP contribution in [0.25, 0.3) is 0 Å². The Bertz CT molecular complexity index is 484. The van der Waals surface area contributed by atoms with E-state index in [1.54, 1.807) is 0 Å². The van der Waals surface area contributed by atoms with Crippen molar-refractivity contribution in [3.05, 3.63) is 34.9 Å². The second-order valence-corrected chi connectivity index (χ2v) is 6.13. The van der Waals surface area contributed by atoms with Crippen LogP contribution in [0, 0.1) is 25.7 Å². The van der Waals surface area contributed by atoms with Gasteiger partial charge < -0.3 is 10.4 Å². The van der Waals surface area contributed by atoms with Crippen LogP contribution < -0.4 is 5.32 Å². The van der Waals surface area contributed by atoms with E-state index in [-0.39, 0.29) is 17.9 Å². The molecule has 3 nitrogen and oxygen atoms in total. The van der Waals surface area contributed by atoms with Gasteiger partial charge in [-0.05, 0) is 57.2 Å². The van der Waals surface area contributed by atoms with Crippen LogP contribution in [0.5, 0.6) is 0 Å². The maximum Gasteiger partial charge on any atom is 0.306 e. The Balaban J connectivity index is 1.95. The number of nitrogens with one attached hydrogen (secondary N) is 1. The van der Waals surface area contributed by atoms with Gasteiger partial charge in [0.15, 0.2) is 0 Å². The quantitative estimate of drug-likeness (QED) is 0.865. The number of carbonyl (C=O) groups is 1. The summed E-state index contributed by atoms with van der Waals surface area (Å²) in [5.41, 5.74) is 3.88. The first kappa shape index (κ1) is 15.0. The van der Waals surface area contributed by atoms with Crippen molar-refractivity contribution in [2.75, 3.05) is 6.54 Å². The summed E-state index contributed by atoms with van der Waals surface area (Å²) in [6.07, 6.45) is 2.91. The van der Waals surface area contributed by atoms with Crippen molar-refractivity contribution < 1.29 is 9.90 Å². The van der Waals surface area contributed by atoms with Gasteiger partial charge in [-0.1, -0.05) is 30.2 Å². The fourth-order valence-electron chi connectivity index (χ4n) is 3.36. The Morgan fingerprint density at radius 3 is 2.80 bits per heavy atom. The molecule has 110 valence electrons. The monoisotopic (exact) mass is 275 g/mol. The van der Waals surface area contributed by atoms with E-state index < -0.39 is 5.97 Å². The van der Waals surface area contributed by atoms with Crippen molar-refractivity contribution in [2.45, 2.75) is 46.1 Å². The van der Waals surface area contributed by atoms with E-state index in [1.165, 1.54) is 16.7 Å². The molecule has 0 aromatic heterocycles. The third kappa shape index (κ3) is 3.40. The lowest BCUT2D eigenvalue weighted by molar-refractivity contribution is -0.142. The molecule has 0 spiro atoms. The molecule has 0 saturated heterocycles. The molecule has 1 aromatic rings. The van der Waals surface area contributed by atoms with Crippen molar-refractivity contribution >= 4 is 5.97 Å². The third-order valence-corrected chi connectivity index (χ3v) is 4.55. The molecule has 3 unspecified atom stereocenters. The van der Waals surface area contributed by atoms with Gasteiger partial charge in [-0.15, -0.1) is 0 Å². The van der Waals surface area contributed by atoms with Crippen molar-refractivity contribution in [1.82, 2.24) is 5.32 Å². The number of hydrogen-bond acceptors (Lipinski definition) is 2. The van der Waals surface area contributed by atoms with Crippen LogP contribution in [-0.2, 0) is 4.79 Å². The van der Waals surface area contributed by atoms with Gasteiger partial charge in [0, 0.05) is 6.04 Å². The molecule has 1 saturated carbocycles. The highest BCUT2D eigenvalue weighted by Crippen LogP contribution is 2.32. The minimum Gasteiger partial charge on any atom is -0.481 e. The van der Waals surface area contributed by atoms with Gasteiger partial charge in [0.1, 0.15) is 0 Å². The van der Waals surface area contributed by atoms with E-state index in [0.29, 0.717) is 0 Å². The maximum absolute atomic E-state index is 11.2. The lowest BCUT2D eigenvalue weighted by atomic mass is 9.95. The molecule has 0 heterocycles. The van der Waals surface area contributed by atoms with Crippen LogP contribution in [0.1, 0.15) is 48.9 Å². The Morgan fingerprint density at radius 2 is 2.15 bits per heavy atom. The molecule has 20 heavy (non-hydrogen) atoms. The van der Waals surface area contributed by atoms with Crippen LogP contribution in [0.3, 0.4) is 0 Å². The zero-order chi connectivity index (χ0) is 14.7. The Labute approximate surface area is 121 Å². The second kappa shape index (κ2) is 6.40. The Hall–Kier alpha value is -1.35. The molecule has 1 aromatic carbocycles. The smallest absolute Gasteiger partial charge is 0.306 e. The summed E-state index contributed by atoms with van der Waals surface area (Å²) < 4.78 is 0. The van der Waals surface area contributed by atoms with Crippen LogP contribution in [-0.4, -0.2) is 17.6 Å². The number of rotatable bonds is 5. The van der Waals surface area contributed by atoms with Crippen LogP contribution in [0.2, 0.25) is 0 Å². The largest absolute Gasteiger partial charge is 0.481 e. The summed E-state index contributed by atoms with van der Waals surface area (Å²) in [4.78, 5) is 11.2. The van der Waals surface area contributed by atoms with Gasteiger partial charge in [-0.2, -0.15) is 0 Å². The summed E-state index contributed by atoms with van der Waals surface area (Å²) in [5, 5.41) is 12.7. The summed E-state index contributed by atoms with van der Waals surface area (Å²) in [7, 11) is 0. The molecule has 0 bridgehead atoms. The van der Waals surface area contributed by atoms with E-state index in [0.717, 1.165) is 25.8 Å². The highest BCUT2D eigenvalue weighted by Gasteiger charge is 2.32. The molecule has 0 aliphatic heterocycles. The molecule has 3 atom stereocenters. The van der Waals surface area contributed by atoms with E-state index in [1.807, 2.05) is 0 Å². The van der Waals surface area contributed by atoms with Gasteiger partial charge in [0.2, 0.25) is 0 Å². The standard InChI is InChI=1S/C17H25NO2/c1-11-7-8-15(12(2)9-11)13(3)18-10-14-5-4-6-16(14)17(19)20/h7-9,13-14,16,18H,4-6,10H2,1-3H3,(H,19,20). The van der Waals surface area contributed by atoms with Crippen LogP contribution >= 0.6 is 0 Å². The topological polar surface area (TPSA) is 49.3 Å². The molecule has 1 aliphatic carbocycles. The molecular weight excluding hydrogens is 250 g/mol. The zero-order valence-electron chi connectivity index (χ0n) is 12.6. The average Bonchev–Trinajstić information content (AvgIpc) is 2.84. The lowest BCUT2D eigenvalue weighted by Gasteiger charge is -2.21. The highest BCUT2D eigenvalue weighted by molar-refractivity contribution is 5.70. The number of carboxylic acids is 1. The summed E-state index contributed by atoms with van der Waals surface area (Å²) in [5.74, 6) is -0.511. The second-order valence-electron chi connectivity index (χ2n) is 6.13. The normalized spacial score (nSPS) is 23.8. The molecule has 3 heteroatoms. The summed E-state index contributed by atoms with van der Waals surface area (Å²) in [6.45, 7) is 7.19. The zero-order valence-corrected chi connectivity index (χ0v) is 12.6. The SMILES string of the molecule is Cc1ccc(C(C)NCC2CCCC2C(=O)O)c(C)c1. The molecule has 2 N–H and O–H groups in total. The van der Waals surface area contributed by atoms with Crippen molar-refractivity contribution in [3.63, 3.8) is 0 Å². The predicted octanol–water partition coefficient (Wildman–Crippen LogP) is 3.45. The predicted molar refractivity (Wildman–Crippen MR) is 80.8 cm³/mol.